The van der Waals surface area contributed by atoms with Crippen LogP contribution in [0.2, 0.25) is 0 Å². The van der Waals surface area contributed by atoms with E-state index in [4.69, 9.17) is 4.74 Å². The number of aliphatic hydroxyl groups is 1. The van der Waals surface area contributed by atoms with Gasteiger partial charge in [0.05, 0.1) is 25.4 Å². The molecule has 1 saturated heterocycles. The largest absolute Gasteiger partial charge is 0.389 e. The van der Waals surface area contributed by atoms with Crippen molar-refractivity contribution in [1.29, 1.82) is 0 Å². The molecule has 1 aliphatic rings. The van der Waals surface area contributed by atoms with E-state index in [1.165, 1.54) is 0 Å². The molecule has 0 aliphatic carbocycles. The van der Waals surface area contributed by atoms with Crippen LogP contribution in [0.3, 0.4) is 0 Å². The Balaban J connectivity index is 1.95. The first kappa shape index (κ1) is 10.5. The number of pyridine rings is 1. The quantitative estimate of drug-likeness (QED) is 0.759. The number of aromatic nitrogens is 1. The Labute approximate surface area is 89.3 Å². The highest BCUT2D eigenvalue weighted by Crippen LogP contribution is 2.14. The number of rotatable bonds is 3. The summed E-state index contributed by atoms with van der Waals surface area (Å²) in [5.74, 6) is 0. The van der Waals surface area contributed by atoms with Crippen LogP contribution in [0.1, 0.15) is 18.5 Å². The van der Waals surface area contributed by atoms with E-state index in [1.807, 2.05) is 18.3 Å². The number of nitrogens with one attached hydrogen (secondary N) is 1. The smallest absolute Gasteiger partial charge is 0.0948 e. The SMILES string of the molecule is C[C@H](NC1COCC1O)c1cccnc1. The summed E-state index contributed by atoms with van der Waals surface area (Å²) < 4.78 is 5.18. The standard InChI is InChI=1S/C11H16N2O2/c1-8(9-3-2-4-12-5-9)13-10-6-15-7-11(10)14/h2-5,8,10-11,13-14H,6-7H2,1H3/t8-,10?,11?/m0/s1. The molecule has 0 amide bonds. The van der Waals surface area contributed by atoms with Crippen molar-refractivity contribution in [2.24, 2.45) is 0 Å². The van der Waals surface area contributed by atoms with Gasteiger partial charge in [-0.25, -0.2) is 0 Å². The summed E-state index contributed by atoms with van der Waals surface area (Å²) in [6.07, 6.45) is 3.19. The number of nitrogens with zero attached hydrogens (tertiary/aromatic N) is 1. The molecule has 2 N–H and O–H groups in total. The van der Waals surface area contributed by atoms with Gasteiger partial charge in [0.25, 0.3) is 0 Å². The van der Waals surface area contributed by atoms with Crippen LogP contribution in [0.4, 0.5) is 0 Å². The van der Waals surface area contributed by atoms with E-state index in [0.29, 0.717) is 13.2 Å². The highest BCUT2D eigenvalue weighted by Gasteiger charge is 2.27. The Morgan fingerprint density at radius 2 is 2.47 bits per heavy atom. The van der Waals surface area contributed by atoms with Gasteiger partial charge < -0.3 is 15.2 Å². The third-order valence-electron chi connectivity index (χ3n) is 2.70. The molecule has 82 valence electrons. The molecule has 1 fully saturated rings. The fourth-order valence-corrected chi connectivity index (χ4v) is 1.75. The van der Waals surface area contributed by atoms with Gasteiger partial charge in [-0.05, 0) is 18.6 Å². The molecule has 0 bridgehead atoms. The molecular weight excluding hydrogens is 192 g/mol. The number of ether oxygens (including phenoxy) is 1. The Morgan fingerprint density at radius 1 is 1.60 bits per heavy atom. The van der Waals surface area contributed by atoms with Gasteiger partial charge in [-0.2, -0.15) is 0 Å². The van der Waals surface area contributed by atoms with Crippen LogP contribution in [0.15, 0.2) is 24.5 Å². The van der Waals surface area contributed by atoms with Crippen LogP contribution in [0.5, 0.6) is 0 Å². The van der Waals surface area contributed by atoms with Gasteiger partial charge in [0.2, 0.25) is 0 Å². The van der Waals surface area contributed by atoms with Gasteiger partial charge in [-0.1, -0.05) is 6.07 Å². The first-order valence-corrected chi connectivity index (χ1v) is 5.19. The van der Waals surface area contributed by atoms with Gasteiger partial charge in [0.15, 0.2) is 0 Å². The zero-order valence-electron chi connectivity index (χ0n) is 8.76. The zero-order valence-corrected chi connectivity index (χ0v) is 8.76. The van der Waals surface area contributed by atoms with Crippen molar-refractivity contribution in [3.8, 4) is 0 Å². The predicted molar refractivity (Wildman–Crippen MR) is 56.4 cm³/mol. The summed E-state index contributed by atoms with van der Waals surface area (Å²) >= 11 is 0. The maximum absolute atomic E-state index is 9.58. The van der Waals surface area contributed by atoms with Crippen molar-refractivity contribution in [2.45, 2.75) is 25.1 Å². The zero-order chi connectivity index (χ0) is 10.7. The second-order valence-corrected chi connectivity index (χ2v) is 3.89. The minimum atomic E-state index is -0.399. The predicted octanol–water partition coefficient (Wildman–Crippen LogP) is 0.492. The van der Waals surface area contributed by atoms with Crippen molar-refractivity contribution in [1.82, 2.24) is 10.3 Å². The molecule has 2 heterocycles. The Morgan fingerprint density at radius 3 is 3.07 bits per heavy atom. The van der Waals surface area contributed by atoms with Crippen LogP contribution in [-0.4, -0.2) is 35.5 Å². The second kappa shape index (κ2) is 4.70. The molecule has 3 atom stereocenters. The third kappa shape index (κ3) is 2.53. The highest BCUT2D eigenvalue weighted by molar-refractivity contribution is 5.13. The number of hydrogen-bond donors (Lipinski definition) is 2. The minimum Gasteiger partial charge on any atom is -0.389 e. The van der Waals surface area contributed by atoms with Crippen LogP contribution >= 0.6 is 0 Å². The molecule has 0 aromatic carbocycles. The summed E-state index contributed by atoms with van der Waals surface area (Å²) in [6, 6.07) is 4.14. The summed E-state index contributed by atoms with van der Waals surface area (Å²) in [4.78, 5) is 4.07. The fraction of sp³-hybridized carbons (Fsp3) is 0.545. The van der Waals surface area contributed by atoms with Crippen molar-refractivity contribution < 1.29 is 9.84 Å². The second-order valence-electron chi connectivity index (χ2n) is 3.89. The lowest BCUT2D eigenvalue weighted by atomic mass is 10.1. The van der Waals surface area contributed by atoms with Crippen LogP contribution < -0.4 is 5.32 Å². The first-order valence-electron chi connectivity index (χ1n) is 5.19. The molecule has 4 heteroatoms. The summed E-state index contributed by atoms with van der Waals surface area (Å²) in [7, 11) is 0. The van der Waals surface area contributed by atoms with E-state index in [1.54, 1.807) is 6.20 Å². The summed E-state index contributed by atoms with van der Waals surface area (Å²) in [5.41, 5.74) is 1.12. The van der Waals surface area contributed by atoms with Crippen LogP contribution in [0.25, 0.3) is 0 Å². The fourth-order valence-electron chi connectivity index (χ4n) is 1.75. The van der Waals surface area contributed by atoms with E-state index < -0.39 is 6.10 Å². The number of hydrogen-bond acceptors (Lipinski definition) is 4. The van der Waals surface area contributed by atoms with Crippen molar-refractivity contribution in [3.63, 3.8) is 0 Å². The molecule has 1 aromatic heterocycles. The van der Waals surface area contributed by atoms with Crippen molar-refractivity contribution in [3.05, 3.63) is 30.1 Å². The summed E-state index contributed by atoms with van der Waals surface area (Å²) in [5, 5.41) is 12.9. The topological polar surface area (TPSA) is 54.4 Å². The van der Waals surface area contributed by atoms with E-state index >= 15 is 0 Å². The average Bonchev–Trinajstić information content (AvgIpc) is 2.66. The molecule has 1 aromatic rings. The average molecular weight is 208 g/mol. The van der Waals surface area contributed by atoms with E-state index in [2.05, 4.69) is 17.2 Å². The molecule has 4 nitrogen and oxygen atoms in total. The normalized spacial score (nSPS) is 27.9. The summed E-state index contributed by atoms with van der Waals surface area (Å²) in [6.45, 7) is 3.06. The number of aliphatic hydroxyl groups excluding tert-OH is 1. The Kier molecular flexibility index (Phi) is 3.30. The lowest BCUT2D eigenvalue weighted by Gasteiger charge is -2.20. The monoisotopic (exact) mass is 208 g/mol. The van der Waals surface area contributed by atoms with Gasteiger partial charge in [0.1, 0.15) is 0 Å². The van der Waals surface area contributed by atoms with Gasteiger partial charge in [-0.3, -0.25) is 4.98 Å². The van der Waals surface area contributed by atoms with E-state index in [9.17, 15) is 5.11 Å². The van der Waals surface area contributed by atoms with E-state index in [0.717, 1.165) is 5.56 Å². The highest BCUT2D eigenvalue weighted by atomic mass is 16.5. The van der Waals surface area contributed by atoms with Gasteiger partial charge in [0, 0.05) is 18.4 Å². The Bertz CT molecular complexity index is 305. The van der Waals surface area contributed by atoms with Crippen molar-refractivity contribution in [2.75, 3.05) is 13.2 Å². The molecular formula is C11H16N2O2. The van der Waals surface area contributed by atoms with Gasteiger partial charge in [-0.15, -0.1) is 0 Å². The first-order chi connectivity index (χ1) is 7.27. The Hall–Kier alpha value is -0.970. The maximum atomic E-state index is 9.58. The van der Waals surface area contributed by atoms with Crippen LogP contribution in [-0.2, 0) is 4.74 Å². The molecule has 0 spiro atoms. The molecule has 1 aliphatic heterocycles. The molecule has 2 unspecified atom stereocenters. The van der Waals surface area contributed by atoms with Crippen LogP contribution in [0, 0.1) is 0 Å². The third-order valence-corrected chi connectivity index (χ3v) is 2.70. The van der Waals surface area contributed by atoms with Crippen molar-refractivity contribution >= 4 is 0 Å². The molecule has 15 heavy (non-hydrogen) atoms. The van der Waals surface area contributed by atoms with Gasteiger partial charge >= 0.3 is 0 Å². The maximum Gasteiger partial charge on any atom is 0.0948 e. The lowest BCUT2D eigenvalue weighted by Crippen LogP contribution is -2.40. The molecule has 0 saturated carbocycles. The van der Waals surface area contributed by atoms with E-state index in [-0.39, 0.29) is 12.1 Å². The minimum absolute atomic E-state index is 0.0280. The molecule has 2 rings (SSSR count). The lowest BCUT2D eigenvalue weighted by molar-refractivity contribution is 0.121. The molecule has 0 radical (unpaired) electrons.